The number of carbonyl (C=O) groups is 1. The van der Waals surface area contributed by atoms with Crippen LogP contribution >= 0.6 is 31.9 Å². The molecule has 0 aliphatic rings. The third-order valence-corrected chi connectivity index (χ3v) is 5.72. The maximum atomic E-state index is 12.0. The number of benzene rings is 2. The lowest BCUT2D eigenvalue weighted by molar-refractivity contribution is -0.119. The molecule has 0 aliphatic heterocycles. The van der Waals surface area contributed by atoms with Crippen molar-refractivity contribution in [2.45, 2.75) is 6.92 Å². The Morgan fingerprint density at radius 3 is 2.93 bits per heavy atom. The maximum Gasteiger partial charge on any atom is 0.259 e. The first-order chi connectivity index (χ1) is 13.0. The van der Waals surface area contributed by atoms with E-state index in [-0.39, 0.29) is 18.2 Å². The van der Waals surface area contributed by atoms with Gasteiger partial charge in [-0.3, -0.25) is 9.78 Å². The molecular weight excluding hydrogens is 476 g/mol. The fourth-order valence-electron chi connectivity index (χ4n) is 2.47. The zero-order chi connectivity index (χ0) is 19.4. The van der Waals surface area contributed by atoms with E-state index < -0.39 is 0 Å². The Kier molecular flexibility index (Phi) is 6.08. The van der Waals surface area contributed by atoms with Gasteiger partial charge in [0.25, 0.3) is 5.91 Å². The van der Waals surface area contributed by atoms with E-state index in [0.717, 1.165) is 26.6 Å². The Labute approximate surface area is 173 Å². The fourth-order valence-corrected chi connectivity index (χ4v) is 3.62. The van der Waals surface area contributed by atoms with Crippen LogP contribution in [0, 0.1) is 6.92 Å². The molecule has 0 aliphatic carbocycles. The van der Waals surface area contributed by atoms with E-state index in [1.54, 1.807) is 12.3 Å². The lowest BCUT2D eigenvalue weighted by atomic mass is 10.1. The molecule has 0 atom stereocenters. The van der Waals surface area contributed by atoms with Crippen molar-refractivity contribution in [1.29, 1.82) is 0 Å². The summed E-state index contributed by atoms with van der Waals surface area (Å²) < 4.78 is 1.40. The van der Waals surface area contributed by atoms with Crippen LogP contribution in [0.4, 0.5) is 5.69 Å². The molecule has 0 radical (unpaired) electrons. The van der Waals surface area contributed by atoms with Crippen molar-refractivity contribution in [3.8, 4) is 5.75 Å². The van der Waals surface area contributed by atoms with E-state index in [0.29, 0.717) is 10.0 Å². The predicted molar refractivity (Wildman–Crippen MR) is 114 cm³/mol. The van der Waals surface area contributed by atoms with Crippen molar-refractivity contribution in [3.05, 3.63) is 62.7 Å². The van der Waals surface area contributed by atoms with Crippen molar-refractivity contribution in [2.75, 3.05) is 11.9 Å². The monoisotopic (exact) mass is 490 g/mol. The van der Waals surface area contributed by atoms with Crippen molar-refractivity contribution in [1.82, 2.24) is 10.4 Å². The number of nitrogens with one attached hydrogen (secondary N) is 2. The van der Waals surface area contributed by atoms with Gasteiger partial charge in [-0.2, -0.15) is 5.10 Å². The van der Waals surface area contributed by atoms with E-state index in [9.17, 15) is 9.90 Å². The zero-order valence-electron chi connectivity index (χ0n) is 14.3. The molecule has 1 aromatic heterocycles. The first-order valence-corrected chi connectivity index (χ1v) is 9.63. The highest BCUT2D eigenvalue weighted by Crippen LogP contribution is 2.35. The summed E-state index contributed by atoms with van der Waals surface area (Å²) in [6.45, 7) is 1.92. The molecule has 0 spiro atoms. The summed E-state index contributed by atoms with van der Waals surface area (Å²) in [5, 5.41) is 18.1. The van der Waals surface area contributed by atoms with Gasteiger partial charge in [-0.1, -0.05) is 22.0 Å². The van der Waals surface area contributed by atoms with Crippen LogP contribution in [0.2, 0.25) is 0 Å². The SMILES string of the molecule is Cc1c(Br)cc(/C=N/NC(=O)CNc2cccc3ncccc23)c(O)c1Br. The van der Waals surface area contributed by atoms with Gasteiger partial charge in [-0.25, -0.2) is 5.43 Å². The number of amides is 1. The number of phenols is 1. The third-order valence-electron chi connectivity index (χ3n) is 3.93. The highest BCUT2D eigenvalue weighted by molar-refractivity contribution is 9.11. The predicted octanol–water partition coefficient (Wildman–Crippen LogP) is 4.34. The molecule has 1 amide bonds. The van der Waals surface area contributed by atoms with Crippen LogP contribution in [0.5, 0.6) is 5.75 Å². The van der Waals surface area contributed by atoms with Gasteiger partial charge in [0.1, 0.15) is 5.75 Å². The Morgan fingerprint density at radius 1 is 1.30 bits per heavy atom. The van der Waals surface area contributed by atoms with E-state index >= 15 is 0 Å². The molecule has 6 nitrogen and oxygen atoms in total. The highest BCUT2D eigenvalue weighted by atomic mass is 79.9. The van der Waals surface area contributed by atoms with Gasteiger partial charge < -0.3 is 10.4 Å². The summed E-state index contributed by atoms with van der Waals surface area (Å²) in [7, 11) is 0. The van der Waals surface area contributed by atoms with Gasteiger partial charge in [0, 0.05) is 27.3 Å². The number of carbonyl (C=O) groups excluding carboxylic acids is 1. The molecule has 3 aromatic rings. The normalized spacial score (nSPS) is 11.1. The number of aromatic nitrogens is 1. The summed E-state index contributed by atoms with van der Waals surface area (Å²) in [6.07, 6.45) is 3.12. The number of aromatic hydroxyl groups is 1. The van der Waals surface area contributed by atoms with E-state index in [1.165, 1.54) is 6.21 Å². The smallest absolute Gasteiger partial charge is 0.259 e. The first-order valence-electron chi connectivity index (χ1n) is 8.04. The van der Waals surface area contributed by atoms with Gasteiger partial charge in [-0.05, 0) is 58.7 Å². The number of pyridine rings is 1. The minimum Gasteiger partial charge on any atom is -0.506 e. The molecule has 0 fully saturated rings. The molecule has 1 heterocycles. The van der Waals surface area contributed by atoms with Crippen molar-refractivity contribution < 1.29 is 9.90 Å². The Balaban J connectivity index is 1.63. The summed E-state index contributed by atoms with van der Waals surface area (Å²) in [5.74, 6) is -0.244. The number of phenolic OH excluding ortho intramolecular Hbond substituents is 1. The molecule has 8 heteroatoms. The lowest BCUT2D eigenvalue weighted by Crippen LogP contribution is -2.25. The maximum absolute atomic E-state index is 12.0. The average Bonchev–Trinajstić information content (AvgIpc) is 2.68. The minimum absolute atomic E-state index is 0.0542. The number of fused-ring (bicyclic) bond motifs is 1. The molecule has 0 bridgehead atoms. The van der Waals surface area contributed by atoms with Gasteiger partial charge in [0.15, 0.2) is 0 Å². The Hall–Kier alpha value is -2.45. The molecule has 0 saturated heterocycles. The van der Waals surface area contributed by atoms with E-state index in [2.05, 4.69) is 52.7 Å². The third kappa shape index (κ3) is 4.45. The van der Waals surface area contributed by atoms with Crippen LogP contribution in [-0.4, -0.2) is 28.8 Å². The standard InChI is InChI=1S/C19H16Br2N4O2/c1-11-14(20)8-12(19(27)18(11)21)9-24-25-17(26)10-23-16-6-2-5-15-13(16)4-3-7-22-15/h2-9,23,27H,10H2,1H3,(H,25,26)/b24-9+. The Morgan fingerprint density at radius 2 is 2.11 bits per heavy atom. The second-order valence-electron chi connectivity index (χ2n) is 5.76. The molecule has 27 heavy (non-hydrogen) atoms. The Bertz CT molecular complexity index is 1030. The number of hydrazone groups is 1. The number of hydrogen-bond donors (Lipinski definition) is 3. The average molecular weight is 492 g/mol. The summed E-state index contributed by atoms with van der Waals surface area (Å²) >= 11 is 6.75. The van der Waals surface area contributed by atoms with E-state index in [4.69, 9.17) is 0 Å². The van der Waals surface area contributed by atoms with Gasteiger partial charge in [-0.15, -0.1) is 0 Å². The molecule has 138 valence electrons. The van der Waals surface area contributed by atoms with Crippen LogP contribution < -0.4 is 10.7 Å². The molecule has 3 N–H and O–H groups in total. The topological polar surface area (TPSA) is 86.6 Å². The summed E-state index contributed by atoms with van der Waals surface area (Å²) in [5.41, 5.74) is 5.47. The number of hydrogen-bond acceptors (Lipinski definition) is 5. The summed E-state index contributed by atoms with van der Waals surface area (Å²) in [6, 6.07) is 11.2. The van der Waals surface area contributed by atoms with Gasteiger partial charge in [0.05, 0.1) is 22.7 Å². The molecular formula is C19H16Br2N4O2. The lowest BCUT2D eigenvalue weighted by Gasteiger charge is -2.09. The van der Waals surface area contributed by atoms with Gasteiger partial charge >= 0.3 is 0 Å². The van der Waals surface area contributed by atoms with Crippen LogP contribution in [0.15, 0.2) is 56.6 Å². The van der Waals surface area contributed by atoms with Crippen molar-refractivity contribution >= 4 is 60.6 Å². The van der Waals surface area contributed by atoms with Crippen molar-refractivity contribution in [2.24, 2.45) is 5.10 Å². The molecule has 0 unspecified atom stereocenters. The molecule has 2 aromatic carbocycles. The van der Waals surface area contributed by atoms with E-state index in [1.807, 2.05) is 37.3 Å². The summed E-state index contributed by atoms with van der Waals surface area (Å²) in [4.78, 5) is 16.3. The highest BCUT2D eigenvalue weighted by Gasteiger charge is 2.10. The van der Waals surface area contributed by atoms with Crippen LogP contribution in [-0.2, 0) is 4.79 Å². The number of nitrogens with zero attached hydrogens (tertiary/aromatic N) is 2. The first kappa shape index (κ1) is 19.3. The number of halogens is 2. The van der Waals surface area contributed by atoms with Crippen molar-refractivity contribution in [3.63, 3.8) is 0 Å². The number of anilines is 1. The van der Waals surface area contributed by atoms with Gasteiger partial charge in [0.2, 0.25) is 0 Å². The molecule has 3 rings (SSSR count). The second kappa shape index (κ2) is 8.49. The van der Waals surface area contributed by atoms with Crippen LogP contribution in [0.25, 0.3) is 10.9 Å². The minimum atomic E-state index is -0.308. The largest absolute Gasteiger partial charge is 0.506 e. The van der Waals surface area contributed by atoms with Crippen LogP contribution in [0.3, 0.4) is 0 Å². The second-order valence-corrected chi connectivity index (χ2v) is 7.40. The number of rotatable bonds is 5. The fraction of sp³-hybridized carbons (Fsp3) is 0.105. The quantitative estimate of drug-likeness (QED) is 0.366. The zero-order valence-corrected chi connectivity index (χ0v) is 17.5. The van der Waals surface area contributed by atoms with Crippen LogP contribution in [0.1, 0.15) is 11.1 Å². The molecule has 0 saturated carbocycles.